The fourth-order valence-electron chi connectivity index (χ4n) is 6.72. The Hall–Kier alpha value is -4.47. The average molecular weight is 569 g/mol. The second-order valence-corrected chi connectivity index (χ2v) is 10.9. The van der Waals surface area contributed by atoms with Gasteiger partial charge in [-0.25, -0.2) is 9.69 Å². The van der Waals surface area contributed by atoms with Gasteiger partial charge < -0.3 is 15.0 Å². The number of aromatic nitrogens is 1. The summed E-state index contributed by atoms with van der Waals surface area (Å²) >= 11 is 6.46. The molecule has 0 bridgehead atoms. The Bertz CT molecular complexity index is 1770. The molecule has 4 heterocycles. The van der Waals surface area contributed by atoms with Crippen molar-refractivity contribution in [3.63, 3.8) is 0 Å². The summed E-state index contributed by atoms with van der Waals surface area (Å²) in [5.41, 5.74) is 2.07. The number of carbonyl (C=O) groups is 4. The molecule has 3 aliphatic heterocycles. The van der Waals surface area contributed by atoms with E-state index in [2.05, 4.69) is 15.6 Å². The zero-order chi connectivity index (χ0) is 28.5. The first-order valence-corrected chi connectivity index (χ1v) is 13.8. The van der Waals surface area contributed by atoms with Crippen molar-refractivity contribution in [1.29, 1.82) is 0 Å². The molecular weight excluding hydrogens is 544 g/mol. The van der Waals surface area contributed by atoms with E-state index in [1.54, 1.807) is 37.3 Å². The van der Waals surface area contributed by atoms with Crippen molar-refractivity contribution in [2.24, 2.45) is 11.8 Å². The van der Waals surface area contributed by atoms with Gasteiger partial charge in [-0.15, -0.1) is 0 Å². The van der Waals surface area contributed by atoms with Gasteiger partial charge in [-0.05, 0) is 55.3 Å². The Kier molecular flexibility index (Phi) is 5.78. The molecular formula is C31H25ClN4O5. The number of nitrogens with zero attached hydrogens (tertiary/aromatic N) is 1. The molecule has 9 nitrogen and oxygen atoms in total. The van der Waals surface area contributed by atoms with E-state index in [9.17, 15) is 19.2 Å². The SMILES string of the molecule is CCOC(=O)c1ccc(N2C(=O)[C@@H]3[C@H](Cc4c[nH]c5ccccc45)N[C@@]4(C(=O)Nc5c(Cl)cccc54)[C@@H]3C2=O)cc1. The summed E-state index contributed by atoms with van der Waals surface area (Å²) in [5, 5.41) is 7.69. The normalized spacial score (nSPS) is 24.7. The number of para-hydroxylation sites is 2. The minimum atomic E-state index is -1.48. The van der Waals surface area contributed by atoms with E-state index in [4.69, 9.17) is 16.3 Å². The number of ether oxygens (including phenoxy) is 1. The van der Waals surface area contributed by atoms with E-state index in [0.29, 0.717) is 33.9 Å². The van der Waals surface area contributed by atoms with Crippen molar-refractivity contribution in [3.8, 4) is 0 Å². The van der Waals surface area contributed by atoms with Gasteiger partial charge in [0.05, 0.1) is 40.4 Å². The Balaban J connectivity index is 1.33. The van der Waals surface area contributed by atoms with E-state index in [1.165, 1.54) is 12.1 Å². The fourth-order valence-corrected chi connectivity index (χ4v) is 6.94. The van der Waals surface area contributed by atoms with Gasteiger partial charge in [-0.1, -0.05) is 41.9 Å². The van der Waals surface area contributed by atoms with E-state index in [-0.39, 0.29) is 6.61 Å². The molecule has 3 aliphatic rings. The van der Waals surface area contributed by atoms with E-state index in [0.717, 1.165) is 21.4 Å². The van der Waals surface area contributed by atoms with Crippen LogP contribution in [0, 0.1) is 11.8 Å². The number of esters is 1. The van der Waals surface area contributed by atoms with Gasteiger partial charge in [0, 0.05) is 28.7 Å². The fraction of sp³-hybridized carbons (Fsp3) is 0.226. The maximum atomic E-state index is 14.2. The van der Waals surface area contributed by atoms with Gasteiger partial charge >= 0.3 is 5.97 Å². The van der Waals surface area contributed by atoms with Crippen molar-refractivity contribution in [1.82, 2.24) is 10.3 Å². The number of anilines is 2. The lowest BCUT2D eigenvalue weighted by atomic mass is 9.76. The lowest BCUT2D eigenvalue weighted by Gasteiger charge is -2.29. The second kappa shape index (κ2) is 9.29. The lowest BCUT2D eigenvalue weighted by Crippen LogP contribution is -2.53. The molecule has 3 aromatic carbocycles. The second-order valence-electron chi connectivity index (χ2n) is 10.5. The maximum absolute atomic E-state index is 14.2. The topological polar surface area (TPSA) is 121 Å². The van der Waals surface area contributed by atoms with Crippen LogP contribution in [-0.4, -0.2) is 41.3 Å². The van der Waals surface area contributed by atoms with E-state index in [1.807, 2.05) is 30.5 Å². The van der Waals surface area contributed by atoms with Crippen molar-refractivity contribution >= 4 is 57.6 Å². The number of benzene rings is 3. The molecule has 2 saturated heterocycles. The Labute approximate surface area is 239 Å². The number of nitrogens with one attached hydrogen (secondary N) is 3. The summed E-state index contributed by atoms with van der Waals surface area (Å²) in [6.07, 6.45) is 2.31. The number of carbonyl (C=O) groups excluding carboxylic acids is 4. The molecule has 206 valence electrons. The molecule has 10 heteroatoms. The standard InChI is InChI=1S/C31H25ClN4O5/c1-2-41-29(39)16-10-12-18(13-11-16)36-27(37)24-23(14-17-15-33-22-9-4-3-6-19(17)22)35-31(25(24)28(36)38)20-7-5-8-21(32)26(20)34-30(31)40/h3-13,15,23-25,33,35H,2,14H2,1H3,(H,34,40)/t23-,24+,25-,31+/m0/s1. The third-order valence-electron chi connectivity index (χ3n) is 8.45. The quantitative estimate of drug-likeness (QED) is 0.245. The first-order chi connectivity index (χ1) is 19.8. The van der Waals surface area contributed by atoms with Gasteiger partial charge in [-0.2, -0.15) is 0 Å². The zero-order valence-corrected chi connectivity index (χ0v) is 22.7. The predicted molar refractivity (Wildman–Crippen MR) is 153 cm³/mol. The molecule has 1 aromatic heterocycles. The van der Waals surface area contributed by atoms with E-state index < -0.39 is 47.1 Å². The highest BCUT2D eigenvalue weighted by Crippen LogP contribution is 2.55. The summed E-state index contributed by atoms with van der Waals surface area (Å²) in [7, 11) is 0. The number of halogens is 1. The highest BCUT2D eigenvalue weighted by Gasteiger charge is 2.70. The van der Waals surface area contributed by atoms with Crippen molar-refractivity contribution in [2.75, 3.05) is 16.8 Å². The number of amides is 3. The molecule has 4 atom stereocenters. The number of aromatic amines is 1. The predicted octanol–water partition coefficient (Wildman–Crippen LogP) is 4.17. The van der Waals surface area contributed by atoms with Crippen LogP contribution in [0.4, 0.5) is 11.4 Å². The Morgan fingerprint density at radius 2 is 1.78 bits per heavy atom. The largest absolute Gasteiger partial charge is 0.462 e. The van der Waals surface area contributed by atoms with Crippen LogP contribution < -0.4 is 15.5 Å². The molecule has 3 N–H and O–H groups in total. The monoisotopic (exact) mass is 568 g/mol. The van der Waals surface area contributed by atoms with Crippen LogP contribution in [0.25, 0.3) is 10.9 Å². The zero-order valence-electron chi connectivity index (χ0n) is 21.9. The minimum Gasteiger partial charge on any atom is -0.462 e. The van der Waals surface area contributed by atoms with Gasteiger partial charge in [0.15, 0.2) is 0 Å². The molecule has 0 saturated carbocycles. The molecule has 3 amide bonds. The smallest absolute Gasteiger partial charge is 0.338 e. The third kappa shape index (κ3) is 3.59. The summed E-state index contributed by atoms with van der Waals surface area (Å²) in [4.78, 5) is 58.8. The highest BCUT2D eigenvalue weighted by atomic mass is 35.5. The van der Waals surface area contributed by atoms with Crippen molar-refractivity contribution in [2.45, 2.75) is 24.9 Å². The summed E-state index contributed by atoms with van der Waals surface area (Å²) < 4.78 is 5.06. The summed E-state index contributed by atoms with van der Waals surface area (Å²) in [6, 6.07) is 18.7. The first-order valence-electron chi connectivity index (χ1n) is 13.4. The highest BCUT2D eigenvalue weighted by molar-refractivity contribution is 6.35. The van der Waals surface area contributed by atoms with Gasteiger partial charge in [0.25, 0.3) is 0 Å². The lowest BCUT2D eigenvalue weighted by molar-refractivity contribution is -0.130. The van der Waals surface area contributed by atoms with Crippen molar-refractivity contribution in [3.05, 3.63) is 94.6 Å². The number of fused-ring (bicyclic) bond motifs is 5. The van der Waals surface area contributed by atoms with Crippen LogP contribution in [0.2, 0.25) is 5.02 Å². The number of H-pyrrole nitrogens is 1. The Morgan fingerprint density at radius 3 is 2.56 bits per heavy atom. The molecule has 0 radical (unpaired) electrons. The summed E-state index contributed by atoms with van der Waals surface area (Å²) in [6.45, 7) is 1.95. The van der Waals surface area contributed by atoms with Gasteiger partial charge in [0.2, 0.25) is 17.7 Å². The molecule has 1 spiro atoms. The first kappa shape index (κ1) is 25.5. The maximum Gasteiger partial charge on any atom is 0.338 e. The van der Waals surface area contributed by atoms with Crippen molar-refractivity contribution < 1.29 is 23.9 Å². The molecule has 41 heavy (non-hydrogen) atoms. The van der Waals surface area contributed by atoms with Crippen LogP contribution >= 0.6 is 11.6 Å². The number of hydrogen-bond acceptors (Lipinski definition) is 6. The van der Waals surface area contributed by atoms with Crippen LogP contribution in [0.5, 0.6) is 0 Å². The van der Waals surface area contributed by atoms with Crippen LogP contribution in [0.3, 0.4) is 0 Å². The van der Waals surface area contributed by atoms with Crippen LogP contribution in [0.1, 0.15) is 28.4 Å². The molecule has 0 unspecified atom stereocenters. The third-order valence-corrected chi connectivity index (χ3v) is 8.77. The molecule has 0 aliphatic carbocycles. The average Bonchev–Trinajstić information content (AvgIpc) is 3.68. The van der Waals surface area contributed by atoms with Crippen LogP contribution in [-0.2, 0) is 31.1 Å². The number of imide groups is 1. The number of rotatable bonds is 5. The number of hydrogen-bond donors (Lipinski definition) is 3. The van der Waals surface area contributed by atoms with E-state index >= 15 is 0 Å². The van der Waals surface area contributed by atoms with Crippen LogP contribution in [0.15, 0.2) is 72.9 Å². The Morgan fingerprint density at radius 1 is 1.00 bits per heavy atom. The van der Waals surface area contributed by atoms with Gasteiger partial charge in [0.1, 0.15) is 5.54 Å². The molecule has 2 fully saturated rings. The molecule has 4 aromatic rings. The summed E-state index contributed by atoms with van der Waals surface area (Å²) in [5.74, 6) is -3.63. The van der Waals surface area contributed by atoms with Gasteiger partial charge in [-0.3, -0.25) is 19.7 Å². The minimum absolute atomic E-state index is 0.230. The molecule has 7 rings (SSSR count).